The average molecular weight is 247 g/mol. The predicted octanol–water partition coefficient (Wildman–Crippen LogP) is 2.10. The summed E-state index contributed by atoms with van der Waals surface area (Å²) in [4.78, 5) is 12.9. The Hall–Kier alpha value is -2.22. The maximum atomic E-state index is 10.9. The van der Waals surface area contributed by atoms with Crippen LogP contribution in [0, 0.1) is 11.3 Å². The van der Waals surface area contributed by atoms with Gasteiger partial charge < -0.3 is 15.7 Å². The molecule has 0 saturated carbocycles. The molecule has 0 radical (unpaired) electrons. The minimum Gasteiger partial charge on any atom is -0.478 e. The van der Waals surface area contributed by atoms with Gasteiger partial charge in [-0.05, 0) is 32.0 Å². The molecule has 1 aromatic carbocycles. The number of nitrogen functional groups attached to an aromatic ring is 1. The Morgan fingerprint density at radius 2 is 2.22 bits per heavy atom. The zero-order chi connectivity index (χ0) is 13.7. The lowest BCUT2D eigenvalue weighted by Crippen LogP contribution is -2.31. The number of carbonyl (C=O) groups is 1. The molecule has 0 amide bonds. The van der Waals surface area contributed by atoms with Gasteiger partial charge >= 0.3 is 5.97 Å². The number of benzene rings is 1. The number of hydrogen-bond acceptors (Lipinski definition) is 4. The summed E-state index contributed by atoms with van der Waals surface area (Å²) in [6, 6.07) is 7.17. The van der Waals surface area contributed by atoms with Gasteiger partial charge in [-0.1, -0.05) is 0 Å². The van der Waals surface area contributed by atoms with Gasteiger partial charge in [0.1, 0.15) is 0 Å². The van der Waals surface area contributed by atoms with Crippen LogP contribution in [-0.2, 0) is 0 Å². The van der Waals surface area contributed by atoms with E-state index in [2.05, 4.69) is 6.07 Å². The average Bonchev–Trinajstić information content (AvgIpc) is 2.28. The molecule has 0 fully saturated rings. The summed E-state index contributed by atoms with van der Waals surface area (Å²) >= 11 is 0. The van der Waals surface area contributed by atoms with E-state index in [1.54, 1.807) is 12.1 Å². The summed E-state index contributed by atoms with van der Waals surface area (Å²) < 4.78 is 0. The lowest BCUT2D eigenvalue weighted by Gasteiger charge is -2.28. The van der Waals surface area contributed by atoms with Crippen LogP contribution in [0.2, 0.25) is 0 Å². The van der Waals surface area contributed by atoms with Gasteiger partial charge in [0.25, 0.3) is 0 Å². The van der Waals surface area contributed by atoms with Crippen LogP contribution in [0.25, 0.3) is 0 Å². The van der Waals surface area contributed by atoms with Crippen LogP contribution in [0.4, 0.5) is 11.4 Å². The largest absolute Gasteiger partial charge is 0.478 e. The number of hydrogen-bond donors (Lipinski definition) is 2. The molecule has 0 bridgehead atoms. The topological polar surface area (TPSA) is 90.3 Å². The van der Waals surface area contributed by atoms with Crippen molar-refractivity contribution in [3.05, 3.63) is 23.8 Å². The molecule has 0 aliphatic carbocycles. The van der Waals surface area contributed by atoms with Crippen LogP contribution in [0.3, 0.4) is 0 Å². The molecule has 18 heavy (non-hydrogen) atoms. The third-order valence-corrected chi connectivity index (χ3v) is 2.69. The van der Waals surface area contributed by atoms with E-state index >= 15 is 0 Å². The second kappa shape index (κ2) is 5.92. The molecule has 5 nitrogen and oxygen atoms in total. The zero-order valence-electron chi connectivity index (χ0n) is 10.6. The van der Waals surface area contributed by atoms with Crippen LogP contribution in [0.15, 0.2) is 18.2 Å². The highest BCUT2D eigenvalue weighted by Gasteiger charge is 2.13. The first-order valence-corrected chi connectivity index (χ1v) is 5.73. The first-order valence-electron chi connectivity index (χ1n) is 5.73. The van der Waals surface area contributed by atoms with E-state index in [4.69, 9.17) is 16.1 Å². The minimum atomic E-state index is -1.04. The molecule has 1 aromatic rings. The van der Waals surface area contributed by atoms with Gasteiger partial charge in [0.15, 0.2) is 0 Å². The molecular formula is C13H17N3O2. The molecule has 1 rings (SSSR count). The van der Waals surface area contributed by atoms with E-state index in [1.807, 2.05) is 18.7 Å². The third kappa shape index (κ3) is 3.14. The highest BCUT2D eigenvalue weighted by atomic mass is 16.4. The molecule has 5 heteroatoms. The number of nitrogens with zero attached hydrogens (tertiary/aromatic N) is 2. The normalized spacial score (nSPS) is 10.1. The van der Waals surface area contributed by atoms with Crippen LogP contribution in [0.5, 0.6) is 0 Å². The molecule has 0 aliphatic rings. The molecule has 0 aliphatic heterocycles. The van der Waals surface area contributed by atoms with Gasteiger partial charge in [0, 0.05) is 24.0 Å². The number of carboxylic acids is 1. The molecule has 0 unspecified atom stereocenters. The van der Waals surface area contributed by atoms with Crippen molar-refractivity contribution in [2.24, 2.45) is 0 Å². The second-order valence-electron chi connectivity index (χ2n) is 4.27. The van der Waals surface area contributed by atoms with Gasteiger partial charge in [-0.25, -0.2) is 4.79 Å². The smallest absolute Gasteiger partial charge is 0.337 e. The molecular weight excluding hydrogens is 230 g/mol. The lowest BCUT2D eigenvalue weighted by atomic mass is 10.1. The van der Waals surface area contributed by atoms with Crippen LogP contribution in [-0.4, -0.2) is 23.7 Å². The maximum Gasteiger partial charge on any atom is 0.337 e. The summed E-state index contributed by atoms with van der Waals surface area (Å²) in [6.45, 7) is 4.62. The number of rotatable bonds is 5. The lowest BCUT2D eigenvalue weighted by molar-refractivity contribution is 0.0698. The fourth-order valence-electron chi connectivity index (χ4n) is 1.78. The summed E-state index contributed by atoms with van der Waals surface area (Å²) in [5.74, 6) is -1.04. The summed E-state index contributed by atoms with van der Waals surface area (Å²) in [5.41, 5.74) is 6.89. The monoisotopic (exact) mass is 247 g/mol. The summed E-state index contributed by atoms with van der Waals surface area (Å²) in [6.07, 6.45) is 0.415. The number of nitrogens with two attached hydrogens (primary N) is 1. The van der Waals surface area contributed by atoms with Crippen molar-refractivity contribution in [3.8, 4) is 6.07 Å². The van der Waals surface area contributed by atoms with E-state index in [1.165, 1.54) is 6.07 Å². The first-order chi connectivity index (χ1) is 8.47. The van der Waals surface area contributed by atoms with E-state index in [-0.39, 0.29) is 17.3 Å². The van der Waals surface area contributed by atoms with Crippen molar-refractivity contribution in [2.45, 2.75) is 26.3 Å². The first kappa shape index (κ1) is 13.8. The molecule has 3 N–H and O–H groups in total. The number of anilines is 2. The van der Waals surface area contributed by atoms with Gasteiger partial charge in [0.2, 0.25) is 0 Å². The van der Waals surface area contributed by atoms with Gasteiger partial charge in [-0.2, -0.15) is 5.26 Å². The van der Waals surface area contributed by atoms with Crippen molar-refractivity contribution >= 4 is 17.3 Å². The highest BCUT2D eigenvalue weighted by Crippen LogP contribution is 2.23. The van der Waals surface area contributed by atoms with E-state index in [9.17, 15) is 4.79 Å². The van der Waals surface area contributed by atoms with Crippen LogP contribution >= 0.6 is 0 Å². The van der Waals surface area contributed by atoms with Crippen molar-refractivity contribution in [3.63, 3.8) is 0 Å². The third-order valence-electron chi connectivity index (χ3n) is 2.69. The van der Waals surface area contributed by atoms with E-state index in [0.717, 1.165) is 5.69 Å². The quantitative estimate of drug-likeness (QED) is 0.777. The molecule has 0 spiro atoms. The number of nitriles is 1. The number of aromatic carboxylic acids is 1. The van der Waals surface area contributed by atoms with Gasteiger partial charge in [-0.3, -0.25) is 0 Å². The Morgan fingerprint density at radius 1 is 1.56 bits per heavy atom. The van der Waals surface area contributed by atoms with Crippen molar-refractivity contribution < 1.29 is 9.90 Å². The summed E-state index contributed by atoms with van der Waals surface area (Å²) in [5, 5.41) is 17.5. The fraction of sp³-hybridized carbons (Fsp3) is 0.385. The van der Waals surface area contributed by atoms with Crippen molar-refractivity contribution in [1.29, 1.82) is 5.26 Å². The van der Waals surface area contributed by atoms with Crippen LogP contribution < -0.4 is 10.6 Å². The predicted molar refractivity (Wildman–Crippen MR) is 70.5 cm³/mol. The molecule has 0 aromatic heterocycles. The van der Waals surface area contributed by atoms with Crippen molar-refractivity contribution in [1.82, 2.24) is 0 Å². The Bertz CT molecular complexity index is 478. The highest BCUT2D eigenvalue weighted by molar-refractivity contribution is 5.94. The van der Waals surface area contributed by atoms with Gasteiger partial charge in [0.05, 0.1) is 18.1 Å². The minimum absolute atomic E-state index is 0.0998. The molecule has 0 atom stereocenters. The maximum absolute atomic E-state index is 10.9. The molecule has 0 saturated heterocycles. The Balaban J connectivity index is 3.03. The Kier molecular flexibility index (Phi) is 4.55. The van der Waals surface area contributed by atoms with Crippen LogP contribution in [0.1, 0.15) is 30.6 Å². The second-order valence-corrected chi connectivity index (χ2v) is 4.27. The Labute approximate surface area is 106 Å². The number of carboxylic acid groups (broad SMARTS) is 1. The zero-order valence-corrected chi connectivity index (χ0v) is 10.6. The van der Waals surface area contributed by atoms with E-state index in [0.29, 0.717) is 13.0 Å². The summed E-state index contributed by atoms with van der Waals surface area (Å²) in [7, 11) is 0. The van der Waals surface area contributed by atoms with Crippen molar-refractivity contribution in [2.75, 3.05) is 17.2 Å². The fourth-order valence-corrected chi connectivity index (χ4v) is 1.78. The molecule has 96 valence electrons. The standard InChI is InChI=1S/C13H17N3O2/c1-9(2)16(7-3-6-14)10-4-5-11(13(17)18)12(15)8-10/h4-5,8-9H,3,7,15H2,1-2H3,(H,17,18). The van der Waals surface area contributed by atoms with Gasteiger partial charge in [-0.15, -0.1) is 0 Å². The SMILES string of the molecule is CC(C)N(CCC#N)c1ccc(C(=O)O)c(N)c1. The van der Waals surface area contributed by atoms with E-state index < -0.39 is 5.97 Å². The Morgan fingerprint density at radius 3 is 2.67 bits per heavy atom. The molecule has 0 heterocycles.